The predicted molar refractivity (Wildman–Crippen MR) is 140 cm³/mol. The zero-order valence-corrected chi connectivity index (χ0v) is 21.5. The third-order valence-electron chi connectivity index (χ3n) is 5.60. The molecule has 0 radical (unpaired) electrons. The summed E-state index contributed by atoms with van der Waals surface area (Å²) < 4.78 is 34.9. The van der Waals surface area contributed by atoms with Crippen molar-refractivity contribution in [1.82, 2.24) is 9.88 Å². The Labute approximate surface area is 224 Å². The number of carbonyl (C=O) groups is 1. The van der Waals surface area contributed by atoms with Gasteiger partial charge in [0.2, 0.25) is 0 Å². The SMILES string of the molecule is CN1CCN(c2nc(Oc3cc(Cl)cc(-c4cccc(CN)c4)c3)c(F)cc2F)C(C(=O)O)C1.Cl.Cl. The molecule has 1 aliphatic rings. The fraction of sp³-hybridized carbons (Fsp3) is 0.250. The second-order valence-corrected chi connectivity index (χ2v) is 8.51. The Balaban J connectivity index is 0.00000228. The van der Waals surface area contributed by atoms with Crippen molar-refractivity contribution in [2.24, 2.45) is 5.73 Å². The van der Waals surface area contributed by atoms with Gasteiger partial charge in [0.1, 0.15) is 11.8 Å². The zero-order valence-electron chi connectivity index (χ0n) is 19.2. The second kappa shape index (κ2) is 12.5. The summed E-state index contributed by atoms with van der Waals surface area (Å²) in [6, 6.07) is 12.0. The molecule has 1 atom stereocenters. The van der Waals surface area contributed by atoms with Gasteiger partial charge in [0.05, 0.1) is 0 Å². The van der Waals surface area contributed by atoms with Gasteiger partial charge in [-0.25, -0.2) is 13.6 Å². The zero-order chi connectivity index (χ0) is 24.4. The normalized spacial score (nSPS) is 15.6. The number of nitrogens with zero attached hydrogens (tertiary/aromatic N) is 3. The van der Waals surface area contributed by atoms with Gasteiger partial charge in [-0.2, -0.15) is 4.98 Å². The number of hydrogen-bond donors (Lipinski definition) is 2. The minimum atomic E-state index is -1.13. The number of nitrogens with two attached hydrogens (primary N) is 1. The van der Waals surface area contributed by atoms with E-state index >= 15 is 0 Å². The van der Waals surface area contributed by atoms with Crippen LogP contribution in [-0.4, -0.2) is 53.7 Å². The molecule has 1 aromatic heterocycles. The molecule has 1 unspecified atom stereocenters. The Kier molecular flexibility index (Phi) is 10.3. The smallest absolute Gasteiger partial charge is 0.327 e. The van der Waals surface area contributed by atoms with Crippen molar-refractivity contribution < 1.29 is 23.4 Å². The number of likely N-dealkylation sites (N-methyl/N-ethyl adjacent to an activating group) is 1. The lowest BCUT2D eigenvalue weighted by Crippen LogP contribution is -2.56. The molecule has 12 heteroatoms. The molecule has 3 N–H and O–H groups in total. The monoisotopic (exact) mass is 560 g/mol. The van der Waals surface area contributed by atoms with Crippen molar-refractivity contribution in [1.29, 1.82) is 0 Å². The van der Waals surface area contributed by atoms with Gasteiger partial charge < -0.3 is 25.4 Å². The van der Waals surface area contributed by atoms with Crippen LogP contribution in [0.2, 0.25) is 5.02 Å². The summed E-state index contributed by atoms with van der Waals surface area (Å²) in [5.74, 6) is -3.69. The molecule has 36 heavy (non-hydrogen) atoms. The molecule has 4 rings (SSSR count). The van der Waals surface area contributed by atoms with Crippen LogP contribution in [0.25, 0.3) is 11.1 Å². The lowest BCUT2D eigenvalue weighted by Gasteiger charge is -2.38. The van der Waals surface area contributed by atoms with Gasteiger partial charge in [0, 0.05) is 37.3 Å². The maximum Gasteiger partial charge on any atom is 0.327 e. The lowest BCUT2D eigenvalue weighted by molar-refractivity contribution is -0.139. The third-order valence-corrected chi connectivity index (χ3v) is 5.82. The second-order valence-electron chi connectivity index (χ2n) is 8.07. The Morgan fingerprint density at radius 1 is 1.14 bits per heavy atom. The maximum atomic E-state index is 14.7. The number of halogens is 5. The van der Waals surface area contributed by atoms with Gasteiger partial charge in [-0.3, -0.25) is 0 Å². The minimum absolute atomic E-state index is 0. The Morgan fingerprint density at radius 3 is 2.58 bits per heavy atom. The van der Waals surface area contributed by atoms with E-state index in [0.29, 0.717) is 29.7 Å². The van der Waals surface area contributed by atoms with E-state index in [1.807, 2.05) is 29.2 Å². The summed E-state index contributed by atoms with van der Waals surface area (Å²) in [7, 11) is 1.77. The molecule has 1 aliphatic heterocycles. The van der Waals surface area contributed by atoms with Crippen molar-refractivity contribution in [2.45, 2.75) is 12.6 Å². The Bertz CT molecular complexity index is 1240. The Hall–Kier alpha value is -2.69. The number of piperazine rings is 1. The highest BCUT2D eigenvalue weighted by molar-refractivity contribution is 6.31. The molecule has 0 amide bonds. The summed E-state index contributed by atoms with van der Waals surface area (Å²) in [5.41, 5.74) is 8.20. The molecular weight excluding hydrogens is 537 g/mol. The van der Waals surface area contributed by atoms with E-state index in [1.54, 1.807) is 19.2 Å². The van der Waals surface area contributed by atoms with Crippen molar-refractivity contribution in [2.75, 3.05) is 31.6 Å². The van der Waals surface area contributed by atoms with E-state index in [-0.39, 0.29) is 49.5 Å². The summed E-state index contributed by atoms with van der Waals surface area (Å²) in [6.07, 6.45) is 0. The largest absolute Gasteiger partial charge is 0.480 e. The number of ether oxygens (including phenoxy) is 1. The predicted octanol–water partition coefficient (Wildman–Crippen LogP) is 4.98. The molecule has 0 aliphatic carbocycles. The summed E-state index contributed by atoms with van der Waals surface area (Å²) in [4.78, 5) is 18.9. The van der Waals surface area contributed by atoms with Gasteiger partial charge in [-0.15, -0.1) is 24.8 Å². The van der Waals surface area contributed by atoms with E-state index in [0.717, 1.165) is 11.1 Å². The van der Waals surface area contributed by atoms with Crippen LogP contribution in [0, 0.1) is 11.6 Å². The number of aliphatic carboxylic acids is 1. The molecule has 1 fully saturated rings. The van der Waals surface area contributed by atoms with Gasteiger partial charge in [-0.1, -0.05) is 29.8 Å². The molecule has 2 heterocycles. The number of aromatic nitrogens is 1. The molecule has 0 saturated carbocycles. The first-order valence-electron chi connectivity index (χ1n) is 10.6. The summed E-state index contributed by atoms with van der Waals surface area (Å²) in [5, 5.41) is 9.94. The number of carboxylic acid groups (broad SMARTS) is 1. The van der Waals surface area contributed by atoms with Crippen LogP contribution in [0.15, 0.2) is 48.5 Å². The average Bonchev–Trinajstić information content (AvgIpc) is 2.80. The molecule has 2 aromatic carbocycles. The summed E-state index contributed by atoms with van der Waals surface area (Å²) >= 11 is 6.27. The molecule has 1 saturated heterocycles. The van der Waals surface area contributed by atoms with Crippen LogP contribution >= 0.6 is 36.4 Å². The van der Waals surface area contributed by atoms with Gasteiger partial charge in [0.25, 0.3) is 5.88 Å². The quantitative estimate of drug-likeness (QED) is 0.439. The number of pyridine rings is 1. The first kappa shape index (κ1) is 29.5. The molecule has 194 valence electrons. The highest BCUT2D eigenvalue weighted by Gasteiger charge is 2.34. The topological polar surface area (TPSA) is 91.9 Å². The highest BCUT2D eigenvalue weighted by Crippen LogP contribution is 2.34. The fourth-order valence-electron chi connectivity index (χ4n) is 3.88. The average molecular weight is 562 g/mol. The van der Waals surface area contributed by atoms with Gasteiger partial charge in [0.15, 0.2) is 17.5 Å². The molecule has 0 spiro atoms. The van der Waals surface area contributed by atoms with Gasteiger partial charge >= 0.3 is 5.97 Å². The van der Waals surface area contributed by atoms with Crippen LogP contribution in [-0.2, 0) is 11.3 Å². The van der Waals surface area contributed by atoms with Crippen LogP contribution in [0.1, 0.15) is 5.56 Å². The lowest BCUT2D eigenvalue weighted by atomic mass is 10.0. The first-order chi connectivity index (χ1) is 16.2. The van der Waals surface area contributed by atoms with E-state index < -0.39 is 29.5 Å². The van der Waals surface area contributed by atoms with Crippen molar-refractivity contribution >= 4 is 48.2 Å². The number of rotatable bonds is 6. The van der Waals surface area contributed by atoms with Crippen LogP contribution in [0.3, 0.4) is 0 Å². The number of benzene rings is 2. The third kappa shape index (κ3) is 6.54. The van der Waals surface area contributed by atoms with Crippen LogP contribution in [0.5, 0.6) is 11.6 Å². The fourth-order valence-corrected chi connectivity index (χ4v) is 4.10. The van der Waals surface area contributed by atoms with Crippen LogP contribution in [0.4, 0.5) is 14.6 Å². The van der Waals surface area contributed by atoms with E-state index in [2.05, 4.69) is 4.98 Å². The minimum Gasteiger partial charge on any atom is -0.480 e. The number of carboxylic acids is 1. The van der Waals surface area contributed by atoms with Crippen molar-refractivity contribution in [3.63, 3.8) is 0 Å². The van der Waals surface area contributed by atoms with E-state index in [9.17, 15) is 18.7 Å². The Morgan fingerprint density at radius 2 is 1.89 bits per heavy atom. The van der Waals surface area contributed by atoms with Crippen molar-refractivity contribution in [3.05, 3.63) is 70.8 Å². The first-order valence-corrected chi connectivity index (χ1v) is 10.9. The van der Waals surface area contributed by atoms with Crippen LogP contribution < -0.4 is 15.4 Å². The molecule has 3 aromatic rings. The highest BCUT2D eigenvalue weighted by atomic mass is 35.5. The van der Waals surface area contributed by atoms with E-state index in [1.165, 1.54) is 11.0 Å². The summed E-state index contributed by atoms with van der Waals surface area (Å²) in [6.45, 7) is 1.25. The molecule has 0 bridgehead atoms. The van der Waals surface area contributed by atoms with Gasteiger partial charge in [-0.05, 0) is 48.0 Å². The number of anilines is 1. The molecule has 7 nitrogen and oxygen atoms in total. The standard InChI is InChI=1S/C24H23ClF2N4O3.2ClH/c1-30-5-6-31(21(13-30)24(32)33)22-19(26)11-20(27)23(29-22)34-18-9-16(8-17(25)10-18)15-4-2-3-14(7-15)12-28;;/h2-4,7-11,21H,5-6,12-13,28H2,1H3,(H,32,33);2*1H. The van der Waals surface area contributed by atoms with E-state index in [4.69, 9.17) is 22.1 Å². The number of hydrogen-bond acceptors (Lipinski definition) is 6. The molecular formula is C24H25Cl3F2N4O3. The van der Waals surface area contributed by atoms with Crippen molar-refractivity contribution in [3.8, 4) is 22.8 Å². The maximum absolute atomic E-state index is 14.7.